The summed E-state index contributed by atoms with van der Waals surface area (Å²) in [6, 6.07) is 8.86. The first-order valence-corrected chi connectivity index (χ1v) is 5.90. The molecular weight excluding hydrogens is 216 g/mol. The van der Waals surface area contributed by atoms with Crippen molar-refractivity contribution in [3.63, 3.8) is 0 Å². The number of para-hydroxylation sites is 1. The summed E-state index contributed by atoms with van der Waals surface area (Å²) in [7, 11) is 0. The van der Waals surface area contributed by atoms with Crippen LogP contribution in [0.2, 0.25) is 0 Å². The Hall–Kier alpha value is -1.35. The van der Waals surface area contributed by atoms with Gasteiger partial charge in [-0.2, -0.15) is 0 Å². The predicted molar refractivity (Wildman–Crippen MR) is 72.9 cm³/mol. The van der Waals surface area contributed by atoms with Crippen LogP contribution in [-0.4, -0.2) is 17.7 Å². The first kappa shape index (κ1) is 11.1. The molecule has 0 bridgehead atoms. The van der Waals surface area contributed by atoms with Crippen molar-refractivity contribution in [3.05, 3.63) is 42.5 Å². The van der Waals surface area contributed by atoms with Crippen LogP contribution in [0.1, 0.15) is 12.5 Å². The quantitative estimate of drug-likeness (QED) is 0.623. The van der Waals surface area contributed by atoms with Crippen molar-refractivity contribution >= 4 is 23.0 Å². The fraction of sp³-hybridized carbons (Fsp3) is 0.308. The van der Waals surface area contributed by atoms with E-state index in [9.17, 15) is 0 Å². The molecule has 0 radical (unpaired) electrons. The summed E-state index contributed by atoms with van der Waals surface area (Å²) in [5, 5.41) is 3.97. The molecule has 0 aromatic heterocycles. The minimum absolute atomic E-state index is 0.433. The van der Waals surface area contributed by atoms with Crippen molar-refractivity contribution in [1.29, 1.82) is 0 Å². The first-order valence-electron chi connectivity index (χ1n) is 5.50. The van der Waals surface area contributed by atoms with Gasteiger partial charge < -0.3 is 10.2 Å². The Bertz CT molecular complexity index is 414. The molecule has 0 spiro atoms. The first-order chi connectivity index (χ1) is 7.74. The summed E-state index contributed by atoms with van der Waals surface area (Å²) in [4.78, 5) is 2.19. The Morgan fingerprint density at radius 2 is 2.38 bits per heavy atom. The van der Waals surface area contributed by atoms with Crippen molar-refractivity contribution in [2.75, 3.05) is 11.4 Å². The molecule has 84 valence electrons. The monoisotopic (exact) mass is 232 g/mol. The lowest BCUT2D eigenvalue weighted by molar-refractivity contribution is 0.763. The molecule has 1 atom stereocenters. The zero-order valence-corrected chi connectivity index (χ0v) is 10.3. The van der Waals surface area contributed by atoms with E-state index in [1.807, 2.05) is 6.08 Å². The Kier molecular flexibility index (Phi) is 3.25. The number of rotatable bonds is 2. The van der Waals surface area contributed by atoms with Crippen LogP contribution in [0, 0.1) is 0 Å². The largest absolute Gasteiger partial charge is 0.359 e. The van der Waals surface area contributed by atoms with Gasteiger partial charge in [-0.3, -0.25) is 0 Å². The van der Waals surface area contributed by atoms with Crippen LogP contribution < -0.4 is 10.2 Å². The third kappa shape index (κ3) is 1.95. The zero-order valence-electron chi connectivity index (χ0n) is 9.44. The number of nitrogens with zero attached hydrogens (tertiary/aromatic N) is 1. The van der Waals surface area contributed by atoms with Gasteiger partial charge in [0.05, 0.1) is 0 Å². The lowest BCUT2D eigenvalue weighted by atomic mass is 10.1. The molecular formula is C13H16N2S. The van der Waals surface area contributed by atoms with E-state index in [4.69, 9.17) is 12.2 Å². The van der Waals surface area contributed by atoms with E-state index in [-0.39, 0.29) is 0 Å². The lowest BCUT2D eigenvalue weighted by Gasteiger charge is -2.25. The Balaban J connectivity index is 2.21. The third-order valence-corrected chi connectivity index (χ3v) is 3.16. The van der Waals surface area contributed by atoms with Crippen molar-refractivity contribution in [2.24, 2.45) is 0 Å². The third-order valence-electron chi connectivity index (χ3n) is 2.82. The molecule has 2 nitrogen and oxygen atoms in total. The highest BCUT2D eigenvalue weighted by molar-refractivity contribution is 7.80. The molecule has 2 rings (SSSR count). The van der Waals surface area contributed by atoms with Gasteiger partial charge in [-0.15, -0.1) is 6.58 Å². The molecule has 0 saturated heterocycles. The van der Waals surface area contributed by atoms with E-state index in [2.05, 4.69) is 48.0 Å². The van der Waals surface area contributed by atoms with Crippen LogP contribution >= 0.6 is 12.2 Å². The summed E-state index contributed by atoms with van der Waals surface area (Å²) in [6.45, 7) is 6.59. The maximum absolute atomic E-state index is 5.40. The maximum atomic E-state index is 5.40. The number of hydrogen-bond acceptors (Lipinski definition) is 1. The Labute approximate surface area is 102 Å². The van der Waals surface area contributed by atoms with Gasteiger partial charge in [0.15, 0.2) is 5.11 Å². The maximum Gasteiger partial charge on any atom is 0.173 e. The normalized spacial score (nSPS) is 18.1. The Morgan fingerprint density at radius 3 is 3.12 bits per heavy atom. The SMILES string of the molecule is C=CCNC(=S)N1c2ccccc2CC1C. The molecule has 1 unspecified atom stereocenters. The summed E-state index contributed by atoms with van der Waals surface area (Å²) in [5.74, 6) is 0. The van der Waals surface area contributed by atoms with Crippen LogP contribution in [0.5, 0.6) is 0 Å². The summed E-state index contributed by atoms with van der Waals surface area (Å²) >= 11 is 5.40. The van der Waals surface area contributed by atoms with Gasteiger partial charge in [-0.1, -0.05) is 24.3 Å². The average Bonchev–Trinajstić information content (AvgIpc) is 2.62. The number of anilines is 1. The van der Waals surface area contributed by atoms with E-state index in [0.29, 0.717) is 12.6 Å². The van der Waals surface area contributed by atoms with Gasteiger partial charge in [0.2, 0.25) is 0 Å². The van der Waals surface area contributed by atoms with E-state index >= 15 is 0 Å². The highest BCUT2D eigenvalue weighted by Crippen LogP contribution is 2.31. The minimum Gasteiger partial charge on any atom is -0.359 e. The molecule has 1 heterocycles. The van der Waals surface area contributed by atoms with Crippen molar-refractivity contribution in [3.8, 4) is 0 Å². The van der Waals surface area contributed by atoms with E-state index in [0.717, 1.165) is 11.5 Å². The zero-order chi connectivity index (χ0) is 11.5. The fourth-order valence-electron chi connectivity index (χ4n) is 2.12. The number of thiocarbonyl (C=S) groups is 1. The average molecular weight is 232 g/mol. The molecule has 1 aliphatic rings. The van der Waals surface area contributed by atoms with Crippen LogP contribution in [-0.2, 0) is 6.42 Å². The second-order valence-corrected chi connectivity index (χ2v) is 4.41. The van der Waals surface area contributed by atoms with Gasteiger partial charge in [0.25, 0.3) is 0 Å². The summed E-state index contributed by atoms with van der Waals surface area (Å²) in [6.07, 6.45) is 2.88. The highest BCUT2D eigenvalue weighted by atomic mass is 32.1. The van der Waals surface area contributed by atoms with E-state index < -0.39 is 0 Å². The highest BCUT2D eigenvalue weighted by Gasteiger charge is 2.27. The second-order valence-electron chi connectivity index (χ2n) is 4.03. The van der Waals surface area contributed by atoms with Gasteiger partial charge in [0.1, 0.15) is 0 Å². The van der Waals surface area contributed by atoms with Crippen molar-refractivity contribution in [2.45, 2.75) is 19.4 Å². The van der Waals surface area contributed by atoms with Gasteiger partial charge in [0, 0.05) is 18.3 Å². The van der Waals surface area contributed by atoms with Crippen LogP contribution in [0.25, 0.3) is 0 Å². The molecule has 0 fully saturated rings. The summed E-state index contributed by atoms with van der Waals surface area (Å²) in [5.41, 5.74) is 2.61. The number of benzene rings is 1. The van der Waals surface area contributed by atoms with Crippen LogP contribution in [0.3, 0.4) is 0 Å². The lowest BCUT2D eigenvalue weighted by Crippen LogP contribution is -2.43. The molecule has 1 aromatic rings. The van der Waals surface area contributed by atoms with Gasteiger partial charge in [-0.25, -0.2) is 0 Å². The molecule has 16 heavy (non-hydrogen) atoms. The van der Waals surface area contributed by atoms with Crippen molar-refractivity contribution < 1.29 is 0 Å². The standard InChI is InChI=1S/C13H16N2S/c1-3-8-14-13(16)15-10(2)9-11-6-4-5-7-12(11)15/h3-7,10H,1,8-9H2,2H3,(H,14,16). The number of hydrogen-bond donors (Lipinski definition) is 1. The molecule has 0 amide bonds. The topological polar surface area (TPSA) is 15.3 Å². The Morgan fingerprint density at radius 1 is 1.62 bits per heavy atom. The fourth-order valence-corrected chi connectivity index (χ4v) is 2.48. The molecule has 1 aliphatic heterocycles. The molecule has 3 heteroatoms. The summed E-state index contributed by atoms with van der Waals surface area (Å²) < 4.78 is 0. The smallest absolute Gasteiger partial charge is 0.173 e. The minimum atomic E-state index is 0.433. The molecule has 0 aliphatic carbocycles. The van der Waals surface area contributed by atoms with Crippen LogP contribution in [0.15, 0.2) is 36.9 Å². The van der Waals surface area contributed by atoms with Crippen LogP contribution in [0.4, 0.5) is 5.69 Å². The van der Waals surface area contributed by atoms with Gasteiger partial charge in [-0.05, 0) is 37.2 Å². The second kappa shape index (κ2) is 4.66. The van der Waals surface area contributed by atoms with Crippen molar-refractivity contribution in [1.82, 2.24) is 5.32 Å². The predicted octanol–water partition coefficient (Wildman–Crippen LogP) is 2.50. The molecule has 1 N–H and O–H groups in total. The van der Waals surface area contributed by atoms with E-state index in [1.54, 1.807) is 0 Å². The number of fused-ring (bicyclic) bond motifs is 1. The number of nitrogens with one attached hydrogen (secondary N) is 1. The van der Waals surface area contributed by atoms with E-state index in [1.165, 1.54) is 11.3 Å². The molecule has 1 aromatic carbocycles. The molecule has 0 saturated carbocycles. The van der Waals surface area contributed by atoms with Gasteiger partial charge >= 0.3 is 0 Å².